The van der Waals surface area contributed by atoms with Gasteiger partial charge in [-0.1, -0.05) is 56.0 Å². The summed E-state index contributed by atoms with van der Waals surface area (Å²) in [5, 5.41) is 0. The van der Waals surface area contributed by atoms with Gasteiger partial charge in [-0.15, -0.1) is 0 Å². The second-order valence-corrected chi connectivity index (χ2v) is 8.64. The van der Waals surface area contributed by atoms with Crippen LogP contribution in [-0.4, -0.2) is 20.8 Å². The maximum Gasteiger partial charge on any atom is 0.490 e. The van der Waals surface area contributed by atoms with E-state index < -0.39 is 7.75 Å². The molecule has 0 spiro atoms. The summed E-state index contributed by atoms with van der Waals surface area (Å²) in [5.41, 5.74) is 0.915. The second-order valence-electron chi connectivity index (χ2n) is 5.17. The lowest BCUT2D eigenvalue weighted by molar-refractivity contribution is 0.188. The molecule has 2 heterocycles. The SMILES string of the molecule is CC(C)[C@H]1CSC(=S)N1[P@]1(=O)OCc2ccccc2O1. The Labute approximate surface area is 128 Å². The van der Waals surface area contributed by atoms with Crippen molar-refractivity contribution in [3.63, 3.8) is 0 Å². The molecule has 1 aromatic rings. The Bertz CT molecular complexity index is 593. The van der Waals surface area contributed by atoms with Gasteiger partial charge >= 0.3 is 7.75 Å². The monoisotopic (exact) mass is 329 g/mol. The summed E-state index contributed by atoms with van der Waals surface area (Å²) < 4.78 is 26.7. The number of nitrogens with zero attached hydrogens (tertiary/aromatic N) is 1. The van der Waals surface area contributed by atoms with Crippen molar-refractivity contribution < 1.29 is 13.6 Å². The average Bonchev–Trinajstić information content (AvgIpc) is 2.81. The first-order valence-corrected chi connectivity index (χ1v) is 9.39. The van der Waals surface area contributed by atoms with Gasteiger partial charge in [0.25, 0.3) is 0 Å². The van der Waals surface area contributed by atoms with E-state index in [1.54, 1.807) is 16.4 Å². The lowest BCUT2D eigenvalue weighted by Crippen LogP contribution is -2.37. The molecule has 3 rings (SSSR count). The van der Waals surface area contributed by atoms with Gasteiger partial charge in [-0.3, -0.25) is 4.52 Å². The van der Waals surface area contributed by atoms with Crippen molar-refractivity contribution in [1.82, 2.24) is 4.67 Å². The van der Waals surface area contributed by atoms with Crippen molar-refractivity contribution in [2.45, 2.75) is 26.5 Å². The Kier molecular flexibility index (Phi) is 3.84. The van der Waals surface area contributed by atoms with E-state index in [1.165, 1.54) is 0 Å². The number of fused-ring (bicyclic) bond motifs is 1. The fraction of sp³-hybridized carbons (Fsp3) is 0.462. The topological polar surface area (TPSA) is 38.8 Å². The van der Waals surface area contributed by atoms with Crippen LogP contribution in [0.5, 0.6) is 5.75 Å². The third kappa shape index (κ3) is 2.39. The van der Waals surface area contributed by atoms with Crippen molar-refractivity contribution in [1.29, 1.82) is 0 Å². The van der Waals surface area contributed by atoms with E-state index in [2.05, 4.69) is 13.8 Å². The highest BCUT2D eigenvalue weighted by Gasteiger charge is 2.48. The summed E-state index contributed by atoms with van der Waals surface area (Å²) in [4.78, 5) is 0. The molecule has 0 bridgehead atoms. The maximum atomic E-state index is 13.1. The molecule has 1 aromatic carbocycles. The zero-order valence-corrected chi connectivity index (χ0v) is 13.8. The van der Waals surface area contributed by atoms with Gasteiger partial charge in [-0.05, 0) is 12.0 Å². The summed E-state index contributed by atoms with van der Waals surface area (Å²) >= 11 is 6.89. The molecule has 4 nitrogen and oxygen atoms in total. The third-order valence-corrected chi connectivity index (χ3v) is 7.16. The molecule has 20 heavy (non-hydrogen) atoms. The summed E-state index contributed by atoms with van der Waals surface area (Å²) in [6.07, 6.45) is 0. The molecule has 108 valence electrons. The number of benzene rings is 1. The largest absolute Gasteiger partial charge is 0.490 e. The standard InChI is InChI=1S/C13H16NO3PS2/c1-9(2)11-8-20-13(19)14(11)18(15)16-7-10-5-3-4-6-12(10)17-18/h3-6,9,11H,7-8H2,1-2H3/t11-,18+/m1/s1. The molecule has 0 N–H and O–H groups in total. The minimum Gasteiger partial charge on any atom is -0.409 e. The molecule has 1 saturated heterocycles. The van der Waals surface area contributed by atoms with Crippen molar-refractivity contribution in [2.24, 2.45) is 5.92 Å². The van der Waals surface area contributed by atoms with Crippen molar-refractivity contribution in [2.75, 3.05) is 5.75 Å². The molecule has 0 saturated carbocycles. The number of para-hydroxylation sites is 1. The van der Waals surface area contributed by atoms with Crippen molar-refractivity contribution in [3.05, 3.63) is 29.8 Å². The highest BCUT2D eigenvalue weighted by Crippen LogP contribution is 2.60. The fourth-order valence-electron chi connectivity index (χ4n) is 2.31. The Morgan fingerprint density at radius 3 is 2.95 bits per heavy atom. The first-order chi connectivity index (χ1) is 9.51. The Morgan fingerprint density at radius 2 is 2.20 bits per heavy atom. The van der Waals surface area contributed by atoms with Crippen LogP contribution in [0.15, 0.2) is 24.3 Å². The normalized spacial score (nSPS) is 29.4. The smallest absolute Gasteiger partial charge is 0.409 e. The predicted molar refractivity (Wildman–Crippen MR) is 85.0 cm³/mol. The van der Waals surface area contributed by atoms with Gasteiger partial charge in [-0.2, -0.15) is 0 Å². The van der Waals surface area contributed by atoms with Crippen LogP contribution in [0.3, 0.4) is 0 Å². The summed E-state index contributed by atoms with van der Waals surface area (Å²) in [6.45, 7) is 4.48. The van der Waals surface area contributed by atoms with Crippen LogP contribution < -0.4 is 4.52 Å². The van der Waals surface area contributed by atoms with E-state index in [1.807, 2.05) is 24.3 Å². The van der Waals surface area contributed by atoms with Gasteiger partial charge in [0.05, 0.1) is 12.6 Å². The van der Waals surface area contributed by atoms with Crippen LogP contribution in [0.1, 0.15) is 19.4 Å². The molecule has 2 aliphatic rings. The lowest BCUT2D eigenvalue weighted by atomic mass is 10.1. The van der Waals surface area contributed by atoms with Crippen LogP contribution >= 0.6 is 31.7 Å². The molecule has 2 atom stereocenters. The first kappa shape index (κ1) is 14.4. The second kappa shape index (κ2) is 5.34. The van der Waals surface area contributed by atoms with Crippen LogP contribution in [0, 0.1) is 5.92 Å². The minimum atomic E-state index is -3.39. The fourth-order valence-corrected chi connectivity index (χ4v) is 6.55. The highest BCUT2D eigenvalue weighted by molar-refractivity contribution is 8.23. The zero-order chi connectivity index (χ0) is 14.3. The van der Waals surface area contributed by atoms with E-state index in [0.29, 0.717) is 22.6 Å². The highest BCUT2D eigenvalue weighted by atomic mass is 32.2. The number of hydrogen-bond acceptors (Lipinski definition) is 5. The quantitative estimate of drug-likeness (QED) is 0.602. The van der Waals surface area contributed by atoms with Crippen molar-refractivity contribution in [3.8, 4) is 5.75 Å². The van der Waals surface area contributed by atoms with Gasteiger partial charge in [0, 0.05) is 11.3 Å². The predicted octanol–water partition coefficient (Wildman–Crippen LogP) is 4.06. The molecule has 0 radical (unpaired) electrons. The summed E-state index contributed by atoms with van der Waals surface area (Å²) in [7, 11) is -3.39. The maximum absolute atomic E-state index is 13.1. The molecule has 1 fully saturated rings. The van der Waals surface area contributed by atoms with E-state index in [9.17, 15) is 4.57 Å². The van der Waals surface area contributed by atoms with Crippen LogP contribution in [0.4, 0.5) is 0 Å². The Hall–Kier alpha value is -0.550. The summed E-state index contributed by atoms with van der Waals surface area (Å²) in [5.74, 6) is 1.79. The Balaban J connectivity index is 1.94. The molecule has 0 amide bonds. The lowest BCUT2D eigenvalue weighted by Gasteiger charge is -2.36. The number of rotatable bonds is 2. The molecular formula is C13H16NO3PS2. The average molecular weight is 329 g/mol. The van der Waals surface area contributed by atoms with Crippen LogP contribution in [0.2, 0.25) is 0 Å². The minimum absolute atomic E-state index is 0.0867. The first-order valence-electron chi connectivity index (χ1n) is 6.50. The van der Waals surface area contributed by atoms with Gasteiger partial charge in [0.1, 0.15) is 10.1 Å². The van der Waals surface area contributed by atoms with E-state index >= 15 is 0 Å². The zero-order valence-electron chi connectivity index (χ0n) is 11.3. The Morgan fingerprint density at radius 1 is 1.45 bits per heavy atom. The molecule has 0 unspecified atom stereocenters. The van der Waals surface area contributed by atoms with E-state index in [0.717, 1.165) is 11.3 Å². The number of thiocarbonyl (C=S) groups is 1. The van der Waals surface area contributed by atoms with E-state index in [-0.39, 0.29) is 6.04 Å². The van der Waals surface area contributed by atoms with Crippen molar-refractivity contribution >= 4 is 36.0 Å². The third-order valence-electron chi connectivity index (χ3n) is 3.48. The molecule has 7 heteroatoms. The molecule has 0 aliphatic carbocycles. The van der Waals surface area contributed by atoms with Crippen LogP contribution in [-0.2, 0) is 15.7 Å². The van der Waals surface area contributed by atoms with Gasteiger partial charge in [-0.25, -0.2) is 9.24 Å². The van der Waals surface area contributed by atoms with Gasteiger partial charge in [0.2, 0.25) is 0 Å². The van der Waals surface area contributed by atoms with Crippen LogP contribution in [0.25, 0.3) is 0 Å². The molecule has 2 aliphatic heterocycles. The molecule has 0 aromatic heterocycles. The number of thioether (sulfide) groups is 1. The summed E-state index contributed by atoms with van der Waals surface area (Å²) in [6, 6.07) is 7.60. The number of hydrogen-bond donors (Lipinski definition) is 0. The van der Waals surface area contributed by atoms with Gasteiger partial charge in [0.15, 0.2) is 0 Å². The van der Waals surface area contributed by atoms with E-state index in [4.69, 9.17) is 21.3 Å². The van der Waals surface area contributed by atoms with Gasteiger partial charge < -0.3 is 4.52 Å². The molecular weight excluding hydrogens is 313 g/mol.